The van der Waals surface area contributed by atoms with E-state index in [1.165, 1.54) is 0 Å². The molecule has 1 amide bonds. The number of piperidine rings is 1. The molecule has 1 fully saturated rings. The second-order valence-electron chi connectivity index (χ2n) is 5.96. The molecule has 0 aliphatic carbocycles. The maximum absolute atomic E-state index is 12.6. The van der Waals surface area contributed by atoms with Crippen molar-refractivity contribution < 1.29 is 9.53 Å². The average molecular weight is 372 g/mol. The topological polar surface area (TPSA) is 91.1 Å². The molecule has 8 heteroatoms. The Balaban J connectivity index is 1.58. The number of carbonyl (C=O) groups is 1. The van der Waals surface area contributed by atoms with Crippen molar-refractivity contribution in [1.82, 2.24) is 10.2 Å². The van der Waals surface area contributed by atoms with Crippen LogP contribution in [0.2, 0.25) is 5.15 Å². The van der Waals surface area contributed by atoms with Crippen LogP contribution in [0.5, 0.6) is 5.75 Å². The standard InChI is InChI=1S/C18H18ClN5O2/c19-16-7-8-17(23-22-16)24-10-1-2-13(12-24)18(25)21-14-3-5-15(6-4-14)26-11-9-20/h3-8,13H,1-2,10-12H2,(H,21,25). The fourth-order valence-corrected chi connectivity index (χ4v) is 2.97. The molecule has 26 heavy (non-hydrogen) atoms. The van der Waals surface area contributed by atoms with Crippen molar-refractivity contribution in [2.45, 2.75) is 12.8 Å². The van der Waals surface area contributed by atoms with Gasteiger partial charge in [0, 0.05) is 18.8 Å². The van der Waals surface area contributed by atoms with Crippen LogP contribution in [0.25, 0.3) is 0 Å². The van der Waals surface area contributed by atoms with Gasteiger partial charge in [-0.15, -0.1) is 10.2 Å². The van der Waals surface area contributed by atoms with Crippen LogP contribution in [-0.2, 0) is 4.79 Å². The van der Waals surface area contributed by atoms with E-state index >= 15 is 0 Å². The van der Waals surface area contributed by atoms with Crippen LogP contribution in [0, 0.1) is 17.2 Å². The van der Waals surface area contributed by atoms with Gasteiger partial charge >= 0.3 is 0 Å². The lowest BCUT2D eigenvalue weighted by Gasteiger charge is -2.32. The molecule has 0 saturated carbocycles. The van der Waals surface area contributed by atoms with Crippen LogP contribution in [0.1, 0.15) is 12.8 Å². The van der Waals surface area contributed by atoms with Gasteiger partial charge in [-0.1, -0.05) is 11.6 Å². The van der Waals surface area contributed by atoms with Gasteiger partial charge in [0.2, 0.25) is 5.91 Å². The number of amides is 1. The SMILES string of the molecule is N#CCOc1ccc(NC(=O)C2CCCN(c3ccc(Cl)nn3)C2)cc1. The number of nitrogens with one attached hydrogen (secondary N) is 1. The molecule has 1 aromatic heterocycles. The molecule has 2 heterocycles. The molecule has 1 unspecified atom stereocenters. The zero-order chi connectivity index (χ0) is 18.4. The van der Waals surface area contributed by atoms with E-state index in [0.717, 1.165) is 25.2 Å². The first-order valence-corrected chi connectivity index (χ1v) is 8.68. The Hall–Kier alpha value is -2.85. The minimum atomic E-state index is -0.129. The molecular formula is C18H18ClN5O2. The summed E-state index contributed by atoms with van der Waals surface area (Å²) in [5.74, 6) is 1.17. The maximum Gasteiger partial charge on any atom is 0.229 e. The van der Waals surface area contributed by atoms with Gasteiger partial charge in [-0.05, 0) is 49.2 Å². The first-order valence-electron chi connectivity index (χ1n) is 8.30. The number of ether oxygens (including phenoxy) is 1. The Bertz CT molecular complexity index is 789. The molecule has 2 aromatic rings. The molecule has 0 spiro atoms. The summed E-state index contributed by atoms with van der Waals surface area (Å²) < 4.78 is 5.20. The quantitative estimate of drug-likeness (QED) is 0.868. The van der Waals surface area contributed by atoms with Gasteiger partial charge in [-0.3, -0.25) is 4.79 Å². The van der Waals surface area contributed by atoms with Crippen LogP contribution in [0.15, 0.2) is 36.4 Å². The second-order valence-corrected chi connectivity index (χ2v) is 6.35. The highest BCUT2D eigenvalue weighted by Crippen LogP contribution is 2.23. The largest absolute Gasteiger partial charge is 0.479 e. The molecule has 1 aliphatic rings. The third-order valence-corrected chi connectivity index (χ3v) is 4.36. The van der Waals surface area contributed by atoms with Gasteiger partial charge in [0.25, 0.3) is 0 Å². The number of anilines is 2. The number of carbonyl (C=O) groups excluding carboxylic acids is 1. The Morgan fingerprint density at radius 1 is 1.31 bits per heavy atom. The number of nitriles is 1. The predicted octanol–water partition coefficient (Wildman–Crippen LogP) is 2.89. The summed E-state index contributed by atoms with van der Waals surface area (Å²) in [6.07, 6.45) is 1.73. The Morgan fingerprint density at radius 2 is 2.12 bits per heavy atom. The van der Waals surface area contributed by atoms with E-state index in [1.54, 1.807) is 30.3 Å². The molecular weight excluding hydrogens is 354 g/mol. The van der Waals surface area contributed by atoms with Crippen molar-refractivity contribution in [3.8, 4) is 11.8 Å². The summed E-state index contributed by atoms with van der Waals surface area (Å²) in [4.78, 5) is 14.6. The van der Waals surface area contributed by atoms with E-state index in [4.69, 9.17) is 21.6 Å². The highest BCUT2D eigenvalue weighted by molar-refractivity contribution is 6.29. The van der Waals surface area contributed by atoms with Crippen molar-refractivity contribution >= 4 is 29.0 Å². The summed E-state index contributed by atoms with van der Waals surface area (Å²) in [6, 6.07) is 12.4. The molecule has 7 nitrogen and oxygen atoms in total. The minimum Gasteiger partial charge on any atom is -0.479 e. The van der Waals surface area contributed by atoms with Gasteiger partial charge < -0.3 is 15.0 Å². The van der Waals surface area contributed by atoms with Crippen molar-refractivity contribution in [1.29, 1.82) is 5.26 Å². The maximum atomic E-state index is 12.6. The Kier molecular flexibility index (Phi) is 5.87. The van der Waals surface area contributed by atoms with Crippen molar-refractivity contribution in [2.24, 2.45) is 5.92 Å². The van der Waals surface area contributed by atoms with Crippen LogP contribution in [0.4, 0.5) is 11.5 Å². The monoisotopic (exact) mass is 371 g/mol. The number of benzene rings is 1. The van der Waals surface area contributed by atoms with Crippen LogP contribution >= 0.6 is 11.6 Å². The average Bonchev–Trinajstić information content (AvgIpc) is 2.68. The molecule has 3 rings (SSSR count). The van der Waals surface area contributed by atoms with Crippen molar-refractivity contribution in [3.05, 3.63) is 41.6 Å². The minimum absolute atomic E-state index is 0.00277. The lowest BCUT2D eigenvalue weighted by molar-refractivity contribution is -0.120. The number of hydrogen-bond acceptors (Lipinski definition) is 6. The number of rotatable bonds is 5. The van der Waals surface area contributed by atoms with Gasteiger partial charge in [0.15, 0.2) is 17.6 Å². The third kappa shape index (κ3) is 4.61. The van der Waals surface area contributed by atoms with E-state index in [0.29, 0.717) is 23.1 Å². The number of nitrogens with zero attached hydrogens (tertiary/aromatic N) is 4. The Labute approximate surface area is 156 Å². The first kappa shape index (κ1) is 18.0. The first-order chi connectivity index (χ1) is 12.7. The summed E-state index contributed by atoms with van der Waals surface area (Å²) in [5.41, 5.74) is 0.697. The highest BCUT2D eigenvalue weighted by Gasteiger charge is 2.26. The molecule has 1 aliphatic heterocycles. The zero-order valence-electron chi connectivity index (χ0n) is 14.1. The molecule has 134 valence electrons. The molecule has 0 bridgehead atoms. The van der Waals surface area contributed by atoms with Gasteiger partial charge in [0.1, 0.15) is 11.8 Å². The summed E-state index contributed by atoms with van der Waals surface area (Å²) >= 11 is 5.78. The number of halogens is 1. The number of hydrogen-bond donors (Lipinski definition) is 1. The van der Waals surface area contributed by atoms with E-state index < -0.39 is 0 Å². The molecule has 1 aromatic carbocycles. The van der Waals surface area contributed by atoms with Crippen molar-refractivity contribution in [2.75, 3.05) is 29.9 Å². The highest BCUT2D eigenvalue weighted by atomic mass is 35.5. The molecule has 1 N–H and O–H groups in total. The predicted molar refractivity (Wildman–Crippen MR) is 98.2 cm³/mol. The van der Waals surface area contributed by atoms with E-state index in [9.17, 15) is 4.79 Å². The third-order valence-electron chi connectivity index (χ3n) is 4.16. The van der Waals surface area contributed by atoms with E-state index in [-0.39, 0.29) is 18.4 Å². The fraction of sp³-hybridized carbons (Fsp3) is 0.333. The van der Waals surface area contributed by atoms with E-state index in [1.807, 2.05) is 12.1 Å². The van der Waals surface area contributed by atoms with Crippen LogP contribution in [-0.4, -0.2) is 35.8 Å². The summed E-state index contributed by atoms with van der Waals surface area (Å²) in [6.45, 7) is 1.42. The second kappa shape index (κ2) is 8.50. The number of aromatic nitrogens is 2. The lowest BCUT2D eigenvalue weighted by atomic mass is 9.97. The smallest absolute Gasteiger partial charge is 0.229 e. The van der Waals surface area contributed by atoms with Gasteiger partial charge in [-0.25, -0.2) is 0 Å². The van der Waals surface area contributed by atoms with Gasteiger partial charge in [0.05, 0.1) is 5.92 Å². The normalized spacial score (nSPS) is 16.6. The summed E-state index contributed by atoms with van der Waals surface area (Å²) in [7, 11) is 0. The molecule has 1 saturated heterocycles. The molecule has 0 radical (unpaired) electrons. The van der Waals surface area contributed by atoms with E-state index in [2.05, 4.69) is 20.4 Å². The van der Waals surface area contributed by atoms with Gasteiger partial charge in [-0.2, -0.15) is 5.26 Å². The molecule has 1 atom stereocenters. The van der Waals surface area contributed by atoms with Crippen molar-refractivity contribution in [3.63, 3.8) is 0 Å². The summed E-state index contributed by atoms with van der Waals surface area (Å²) in [5, 5.41) is 19.7. The van der Waals surface area contributed by atoms with Crippen LogP contribution in [0.3, 0.4) is 0 Å². The fourth-order valence-electron chi connectivity index (χ4n) is 2.87. The van der Waals surface area contributed by atoms with Crippen LogP contribution < -0.4 is 15.0 Å². The lowest BCUT2D eigenvalue weighted by Crippen LogP contribution is -2.41. The Morgan fingerprint density at radius 3 is 2.81 bits per heavy atom. The zero-order valence-corrected chi connectivity index (χ0v) is 14.8.